The van der Waals surface area contributed by atoms with E-state index in [1.165, 1.54) is 44.9 Å². The molecule has 0 aliphatic heterocycles. The van der Waals surface area contributed by atoms with Crippen LogP contribution < -0.4 is 11.1 Å². The predicted octanol–water partition coefficient (Wildman–Crippen LogP) is 6.06. The Morgan fingerprint density at radius 1 is 0.938 bits per heavy atom. The minimum atomic E-state index is -0.571. The Bertz CT molecular complexity index is 709. The normalized spacial score (nSPS) is 11.8. The van der Waals surface area contributed by atoms with Crippen molar-refractivity contribution in [2.75, 3.05) is 0 Å². The Hall–Kier alpha value is -2.57. The highest BCUT2D eigenvalue weighted by Crippen LogP contribution is 2.11. The zero-order valence-electron chi connectivity index (χ0n) is 20.2. The van der Waals surface area contributed by atoms with Crippen LogP contribution in [0.5, 0.6) is 0 Å². The van der Waals surface area contributed by atoms with E-state index in [0.717, 1.165) is 18.4 Å². The van der Waals surface area contributed by atoms with Gasteiger partial charge < -0.3 is 20.6 Å². The molecule has 0 atom stereocenters. The second-order valence-electron chi connectivity index (χ2n) is 9.19. The van der Waals surface area contributed by atoms with Gasteiger partial charge in [-0.2, -0.15) is 0 Å². The Labute approximate surface area is 193 Å². The van der Waals surface area contributed by atoms with E-state index in [9.17, 15) is 9.59 Å². The lowest BCUT2D eigenvalue weighted by atomic mass is 10.1. The van der Waals surface area contributed by atoms with Gasteiger partial charge in [-0.25, -0.2) is 9.59 Å². The lowest BCUT2D eigenvalue weighted by molar-refractivity contribution is 0.0514. The molecule has 0 saturated heterocycles. The number of nitrogens with two attached hydrogens (primary N) is 1. The van der Waals surface area contributed by atoms with E-state index >= 15 is 0 Å². The largest absolute Gasteiger partial charge is 0.445 e. The molecule has 0 unspecified atom stereocenters. The number of ether oxygens (including phenoxy) is 1. The molecule has 1 amide bonds. The van der Waals surface area contributed by atoms with Gasteiger partial charge in [0.1, 0.15) is 12.4 Å². The molecule has 0 aliphatic rings. The number of carbonyl (C=O) groups is 2. The molecular weight excluding hydrogens is 406 g/mol. The summed E-state index contributed by atoms with van der Waals surface area (Å²) in [7, 11) is 0. The first-order valence-corrected chi connectivity index (χ1v) is 11.8. The maximum absolute atomic E-state index is 12.1. The van der Waals surface area contributed by atoms with Crippen LogP contribution in [0.2, 0.25) is 0 Å². The lowest BCUT2D eigenvalue weighted by Crippen LogP contribution is -2.40. The second kappa shape index (κ2) is 15.3. The van der Waals surface area contributed by atoms with E-state index in [2.05, 4.69) is 17.4 Å². The van der Waals surface area contributed by atoms with Crippen molar-refractivity contribution in [3.8, 4) is 0 Å². The fraction of sp³-hybridized carbons (Fsp3) is 0.640. The van der Waals surface area contributed by atoms with Crippen molar-refractivity contribution in [3.63, 3.8) is 0 Å². The van der Waals surface area contributed by atoms with Crippen molar-refractivity contribution in [1.29, 1.82) is 0 Å². The average molecular weight is 448 g/mol. The number of oxime groups is 1. The molecule has 0 aromatic heterocycles. The molecule has 0 radical (unpaired) electrons. The summed E-state index contributed by atoms with van der Waals surface area (Å²) in [4.78, 5) is 28.8. The number of hydrogen-bond acceptors (Lipinski definition) is 5. The van der Waals surface area contributed by atoms with Crippen LogP contribution in [-0.2, 0) is 16.2 Å². The highest BCUT2D eigenvalue weighted by Gasteiger charge is 2.14. The molecule has 1 aromatic carbocycles. The van der Waals surface area contributed by atoms with Gasteiger partial charge in [0.2, 0.25) is 0 Å². The molecule has 0 spiro atoms. The molecule has 1 aromatic rings. The third-order valence-corrected chi connectivity index (χ3v) is 4.82. The molecule has 0 saturated carbocycles. The van der Waals surface area contributed by atoms with Crippen LogP contribution in [-0.4, -0.2) is 23.4 Å². The molecule has 3 N–H and O–H groups in total. The summed E-state index contributed by atoms with van der Waals surface area (Å²) in [6.07, 6.45) is 11.2. The van der Waals surface area contributed by atoms with Crippen LogP contribution in [0.15, 0.2) is 29.4 Å². The van der Waals surface area contributed by atoms with Gasteiger partial charge in [-0.15, -0.1) is 0 Å². The molecule has 0 heterocycles. The molecule has 7 nitrogen and oxygen atoms in total. The number of rotatable bonds is 14. The summed E-state index contributed by atoms with van der Waals surface area (Å²) in [5.74, 6) is -0.242. The molecule has 0 aliphatic carbocycles. The van der Waals surface area contributed by atoms with Gasteiger partial charge >= 0.3 is 12.1 Å². The third kappa shape index (κ3) is 13.7. The Kier molecular flexibility index (Phi) is 13.1. The lowest BCUT2D eigenvalue weighted by Gasteiger charge is -2.19. The number of nitrogens with one attached hydrogen (secondary N) is 1. The van der Waals surface area contributed by atoms with E-state index in [4.69, 9.17) is 15.3 Å². The van der Waals surface area contributed by atoms with Gasteiger partial charge in [-0.3, -0.25) is 0 Å². The zero-order valence-corrected chi connectivity index (χ0v) is 20.2. The first kappa shape index (κ1) is 27.5. The summed E-state index contributed by atoms with van der Waals surface area (Å²) in [5.41, 5.74) is 6.61. The van der Waals surface area contributed by atoms with Crippen molar-refractivity contribution < 1.29 is 19.2 Å². The van der Waals surface area contributed by atoms with Crippen molar-refractivity contribution in [3.05, 3.63) is 35.4 Å². The number of amidine groups is 1. The number of nitrogens with zero attached hydrogens (tertiary/aromatic N) is 1. The smallest absolute Gasteiger partial charge is 0.407 e. The van der Waals surface area contributed by atoms with Gasteiger partial charge in [0.05, 0.1) is 5.56 Å². The standard InChI is InChI=1S/C25H41N3O4/c1-5-6-7-8-9-10-11-12-13-14-22(26)28-32-23(29)21-17-15-20(16-18-21)19-31-24(30)27-25(2,3)4/h15-18H,5-14,19H2,1-4H3,(H2,26,28)(H,27,30). The number of benzene rings is 1. The van der Waals surface area contributed by atoms with E-state index in [1.807, 2.05) is 20.8 Å². The minimum absolute atomic E-state index is 0.112. The fourth-order valence-electron chi connectivity index (χ4n) is 3.04. The molecule has 1 rings (SSSR count). The van der Waals surface area contributed by atoms with E-state index in [1.54, 1.807) is 24.3 Å². The summed E-state index contributed by atoms with van der Waals surface area (Å²) in [6, 6.07) is 6.62. The number of alkyl carbamates (subject to hydrolysis) is 1. The Morgan fingerprint density at radius 2 is 1.50 bits per heavy atom. The van der Waals surface area contributed by atoms with Crippen LogP contribution in [0.25, 0.3) is 0 Å². The molecule has 180 valence electrons. The molecule has 0 fully saturated rings. The highest BCUT2D eigenvalue weighted by molar-refractivity contribution is 5.90. The van der Waals surface area contributed by atoms with E-state index < -0.39 is 12.1 Å². The third-order valence-electron chi connectivity index (χ3n) is 4.82. The van der Waals surface area contributed by atoms with Gasteiger partial charge in [-0.05, 0) is 44.9 Å². The molecule has 0 bridgehead atoms. The van der Waals surface area contributed by atoms with Crippen LogP contribution in [0.1, 0.15) is 108 Å². The average Bonchev–Trinajstić information content (AvgIpc) is 2.74. The SMILES string of the molecule is CCCCCCCCCCC/C(N)=N/OC(=O)c1ccc(COC(=O)NC(C)(C)C)cc1. The second-order valence-corrected chi connectivity index (χ2v) is 9.19. The van der Waals surface area contributed by atoms with Crippen molar-refractivity contribution in [1.82, 2.24) is 5.32 Å². The summed E-state index contributed by atoms with van der Waals surface area (Å²) in [5, 5.41) is 6.47. The Balaban J connectivity index is 2.26. The van der Waals surface area contributed by atoms with Gasteiger partial charge in [0.15, 0.2) is 0 Å². The Morgan fingerprint density at radius 3 is 2.06 bits per heavy atom. The minimum Gasteiger partial charge on any atom is -0.445 e. The van der Waals surface area contributed by atoms with Crippen LogP contribution in [0.3, 0.4) is 0 Å². The topological polar surface area (TPSA) is 103 Å². The van der Waals surface area contributed by atoms with E-state index in [-0.39, 0.29) is 12.1 Å². The monoisotopic (exact) mass is 447 g/mol. The summed E-state index contributed by atoms with van der Waals surface area (Å²) in [6.45, 7) is 7.97. The first-order chi connectivity index (χ1) is 15.2. The maximum atomic E-state index is 12.1. The summed E-state index contributed by atoms with van der Waals surface area (Å²) >= 11 is 0. The predicted molar refractivity (Wildman–Crippen MR) is 128 cm³/mol. The quantitative estimate of drug-likeness (QED) is 0.119. The van der Waals surface area contributed by atoms with Crippen molar-refractivity contribution in [2.24, 2.45) is 10.9 Å². The fourth-order valence-corrected chi connectivity index (χ4v) is 3.04. The van der Waals surface area contributed by atoms with Crippen molar-refractivity contribution in [2.45, 2.75) is 104 Å². The molecule has 7 heteroatoms. The first-order valence-electron chi connectivity index (χ1n) is 11.8. The number of amides is 1. The van der Waals surface area contributed by atoms with Gasteiger partial charge in [0, 0.05) is 12.0 Å². The summed E-state index contributed by atoms with van der Waals surface area (Å²) < 4.78 is 5.16. The maximum Gasteiger partial charge on any atom is 0.407 e. The molecule has 32 heavy (non-hydrogen) atoms. The zero-order chi connectivity index (χ0) is 23.8. The highest BCUT2D eigenvalue weighted by atomic mass is 16.7. The van der Waals surface area contributed by atoms with Gasteiger partial charge in [-0.1, -0.05) is 75.6 Å². The number of unbranched alkanes of at least 4 members (excludes halogenated alkanes) is 8. The molecular formula is C25H41N3O4. The van der Waals surface area contributed by atoms with Gasteiger partial charge in [0.25, 0.3) is 0 Å². The van der Waals surface area contributed by atoms with Crippen LogP contribution in [0.4, 0.5) is 4.79 Å². The van der Waals surface area contributed by atoms with Crippen LogP contribution in [0, 0.1) is 0 Å². The van der Waals surface area contributed by atoms with Crippen LogP contribution >= 0.6 is 0 Å². The van der Waals surface area contributed by atoms with Crippen molar-refractivity contribution >= 4 is 17.9 Å². The van der Waals surface area contributed by atoms with E-state index in [0.29, 0.717) is 17.8 Å². The number of carbonyl (C=O) groups excluding carboxylic acids is 2. The number of hydrogen-bond donors (Lipinski definition) is 2.